The molecule has 0 spiro atoms. The molecule has 0 amide bonds. The fraction of sp³-hybridized carbons (Fsp3) is 0.308. The van der Waals surface area contributed by atoms with Crippen molar-refractivity contribution in [1.29, 1.82) is 0 Å². The summed E-state index contributed by atoms with van der Waals surface area (Å²) in [6, 6.07) is 4.52. The van der Waals surface area contributed by atoms with Crippen molar-refractivity contribution in [2.45, 2.75) is 26.7 Å². The van der Waals surface area contributed by atoms with Gasteiger partial charge in [-0.1, -0.05) is 19.9 Å². The monoisotopic (exact) mass is 234 g/mol. The molecule has 0 saturated carbocycles. The van der Waals surface area contributed by atoms with E-state index in [2.05, 4.69) is 0 Å². The third kappa shape index (κ3) is 3.90. The minimum absolute atomic E-state index is 0.165. The van der Waals surface area contributed by atoms with Crippen LogP contribution in [0.15, 0.2) is 18.2 Å². The van der Waals surface area contributed by atoms with Crippen LogP contribution in [0.3, 0.4) is 0 Å². The van der Waals surface area contributed by atoms with Crippen molar-refractivity contribution in [3.63, 3.8) is 0 Å². The van der Waals surface area contributed by atoms with Gasteiger partial charge in [0.25, 0.3) is 0 Å². The normalized spacial score (nSPS) is 9.82. The predicted molar refractivity (Wildman–Crippen MR) is 61.7 cm³/mol. The van der Waals surface area contributed by atoms with Gasteiger partial charge in [-0.05, 0) is 24.6 Å². The first kappa shape index (κ1) is 13.2. The maximum Gasteiger partial charge on any atom is 0.311 e. The number of carbonyl (C=O) groups is 2. The first-order valence-corrected chi connectivity index (χ1v) is 5.37. The third-order valence-electron chi connectivity index (χ3n) is 1.99. The first-order chi connectivity index (χ1) is 8.06. The molecule has 0 aliphatic rings. The SMILES string of the molecule is [CH]c1ccc(OC(=O)CC)c(OC(=O)CC)c1. The largest absolute Gasteiger partial charge is 0.423 e. The van der Waals surface area contributed by atoms with Gasteiger partial charge in [0, 0.05) is 12.8 Å². The quantitative estimate of drug-likeness (QED) is 0.593. The molecule has 4 nitrogen and oxygen atoms in total. The average molecular weight is 234 g/mol. The smallest absolute Gasteiger partial charge is 0.311 e. The van der Waals surface area contributed by atoms with E-state index in [1.54, 1.807) is 19.9 Å². The molecule has 0 fully saturated rings. The number of carbonyl (C=O) groups excluding carboxylic acids is 2. The molecule has 0 atom stereocenters. The molecule has 0 aliphatic heterocycles. The maximum absolute atomic E-state index is 11.2. The molecule has 0 bridgehead atoms. The summed E-state index contributed by atoms with van der Waals surface area (Å²) >= 11 is 0. The van der Waals surface area contributed by atoms with Crippen molar-refractivity contribution >= 4 is 11.9 Å². The van der Waals surface area contributed by atoms with Gasteiger partial charge in [0.2, 0.25) is 0 Å². The molecule has 0 saturated heterocycles. The van der Waals surface area contributed by atoms with Crippen molar-refractivity contribution in [3.05, 3.63) is 30.7 Å². The van der Waals surface area contributed by atoms with Crippen molar-refractivity contribution in [1.82, 2.24) is 0 Å². The Kier molecular flexibility index (Phi) is 4.69. The Morgan fingerprint density at radius 2 is 1.59 bits per heavy atom. The Bertz CT molecular complexity index is 423. The van der Waals surface area contributed by atoms with Crippen LogP contribution < -0.4 is 9.47 Å². The van der Waals surface area contributed by atoms with Crippen molar-refractivity contribution < 1.29 is 19.1 Å². The van der Waals surface area contributed by atoms with Gasteiger partial charge >= 0.3 is 11.9 Å². The molecule has 1 rings (SSSR count). The van der Waals surface area contributed by atoms with E-state index in [0.717, 1.165) is 0 Å². The first-order valence-electron chi connectivity index (χ1n) is 5.37. The molecule has 17 heavy (non-hydrogen) atoms. The Morgan fingerprint density at radius 3 is 2.12 bits per heavy atom. The third-order valence-corrected chi connectivity index (χ3v) is 1.99. The molecule has 2 radical (unpaired) electrons. The summed E-state index contributed by atoms with van der Waals surface area (Å²) in [6.45, 7) is 8.93. The summed E-state index contributed by atoms with van der Waals surface area (Å²) in [4.78, 5) is 22.4. The molecule has 0 N–H and O–H groups in total. The molecule has 0 heterocycles. The molecule has 90 valence electrons. The second-order valence-electron chi connectivity index (χ2n) is 3.36. The van der Waals surface area contributed by atoms with Gasteiger partial charge in [-0.15, -0.1) is 0 Å². The standard InChI is InChI=1S/C13H14O4/c1-4-12(14)16-10-7-6-9(3)8-11(10)17-13(15)5-2/h3,6-8H,4-5H2,1-2H3. The number of hydrogen-bond donors (Lipinski definition) is 0. The summed E-state index contributed by atoms with van der Waals surface area (Å²) in [5, 5.41) is 0. The van der Waals surface area contributed by atoms with E-state index in [0.29, 0.717) is 5.56 Å². The summed E-state index contributed by atoms with van der Waals surface area (Å²) in [6.07, 6.45) is 0.474. The molecular weight excluding hydrogens is 220 g/mol. The second kappa shape index (κ2) is 6.03. The van der Waals surface area contributed by atoms with Crippen LogP contribution in [-0.4, -0.2) is 11.9 Å². The zero-order chi connectivity index (χ0) is 12.8. The summed E-state index contributed by atoms with van der Waals surface area (Å²) < 4.78 is 10.0. The van der Waals surface area contributed by atoms with Crippen LogP contribution in [0.25, 0.3) is 0 Å². The molecule has 1 aromatic rings. The molecule has 1 aromatic carbocycles. The number of benzene rings is 1. The minimum Gasteiger partial charge on any atom is -0.423 e. The topological polar surface area (TPSA) is 52.6 Å². The lowest BCUT2D eigenvalue weighted by Gasteiger charge is -2.10. The van der Waals surface area contributed by atoms with Crippen LogP contribution in [0.1, 0.15) is 32.3 Å². The van der Waals surface area contributed by atoms with Crippen molar-refractivity contribution in [2.75, 3.05) is 0 Å². The Hall–Kier alpha value is -1.84. The van der Waals surface area contributed by atoms with Gasteiger partial charge in [0.1, 0.15) is 0 Å². The van der Waals surface area contributed by atoms with E-state index in [1.165, 1.54) is 12.1 Å². The van der Waals surface area contributed by atoms with Gasteiger partial charge in [-0.2, -0.15) is 0 Å². The van der Waals surface area contributed by atoms with Gasteiger partial charge in [0.05, 0.1) is 0 Å². The molecule has 0 aliphatic carbocycles. The highest BCUT2D eigenvalue weighted by atomic mass is 16.6. The Labute approximate surface area is 101 Å². The highest BCUT2D eigenvalue weighted by Crippen LogP contribution is 2.28. The molecule has 4 heteroatoms. The van der Waals surface area contributed by atoms with E-state index in [4.69, 9.17) is 16.4 Å². The summed E-state index contributed by atoms with van der Waals surface area (Å²) in [5.74, 6) is -0.445. The fourth-order valence-electron chi connectivity index (χ4n) is 1.08. The van der Waals surface area contributed by atoms with Gasteiger partial charge < -0.3 is 9.47 Å². The number of hydrogen-bond acceptors (Lipinski definition) is 4. The zero-order valence-electron chi connectivity index (χ0n) is 9.86. The van der Waals surface area contributed by atoms with Crippen LogP contribution in [0.4, 0.5) is 0 Å². The van der Waals surface area contributed by atoms with E-state index in [9.17, 15) is 9.59 Å². The van der Waals surface area contributed by atoms with Crippen molar-refractivity contribution in [2.24, 2.45) is 0 Å². The fourth-order valence-corrected chi connectivity index (χ4v) is 1.08. The number of esters is 2. The average Bonchev–Trinajstić information content (AvgIpc) is 2.32. The van der Waals surface area contributed by atoms with Gasteiger partial charge in [-0.3, -0.25) is 9.59 Å². The highest BCUT2D eigenvalue weighted by Gasteiger charge is 2.12. The lowest BCUT2D eigenvalue weighted by molar-refractivity contribution is -0.136. The Balaban J connectivity index is 2.95. The highest BCUT2D eigenvalue weighted by molar-refractivity contribution is 5.76. The minimum atomic E-state index is -0.413. The lowest BCUT2D eigenvalue weighted by atomic mass is 10.2. The van der Waals surface area contributed by atoms with Crippen LogP contribution >= 0.6 is 0 Å². The number of ether oxygens (including phenoxy) is 2. The maximum atomic E-state index is 11.2. The lowest BCUT2D eigenvalue weighted by Crippen LogP contribution is -2.10. The van der Waals surface area contributed by atoms with E-state index in [-0.39, 0.29) is 24.3 Å². The predicted octanol–water partition coefficient (Wildman–Crippen LogP) is 2.38. The Morgan fingerprint density at radius 1 is 1.06 bits per heavy atom. The van der Waals surface area contributed by atoms with Crippen LogP contribution in [-0.2, 0) is 9.59 Å². The molecule has 0 unspecified atom stereocenters. The molecular formula is C13H14O4. The van der Waals surface area contributed by atoms with E-state index >= 15 is 0 Å². The van der Waals surface area contributed by atoms with Gasteiger partial charge in [-0.25, -0.2) is 0 Å². The second-order valence-corrected chi connectivity index (χ2v) is 3.36. The van der Waals surface area contributed by atoms with Crippen LogP contribution in [0, 0.1) is 6.92 Å². The van der Waals surface area contributed by atoms with E-state index < -0.39 is 11.9 Å². The zero-order valence-corrected chi connectivity index (χ0v) is 9.86. The number of rotatable bonds is 4. The van der Waals surface area contributed by atoms with Gasteiger partial charge in [0.15, 0.2) is 11.5 Å². The molecule has 0 aromatic heterocycles. The van der Waals surface area contributed by atoms with Crippen LogP contribution in [0.2, 0.25) is 0 Å². The van der Waals surface area contributed by atoms with Crippen LogP contribution in [0.5, 0.6) is 11.5 Å². The van der Waals surface area contributed by atoms with Crippen molar-refractivity contribution in [3.8, 4) is 11.5 Å². The van der Waals surface area contributed by atoms with E-state index in [1.807, 2.05) is 0 Å². The summed E-state index contributed by atoms with van der Waals surface area (Å²) in [5.41, 5.74) is 0.431. The summed E-state index contributed by atoms with van der Waals surface area (Å²) in [7, 11) is 0.